The van der Waals surface area contributed by atoms with Crippen LogP contribution < -0.4 is 15.1 Å². The number of rotatable bonds is 16. The van der Waals surface area contributed by atoms with Gasteiger partial charge in [-0.3, -0.25) is 14.7 Å². The third kappa shape index (κ3) is 9.82. The van der Waals surface area contributed by atoms with Gasteiger partial charge >= 0.3 is 0 Å². The van der Waals surface area contributed by atoms with Gasteiger partial charge in [0.1, 0.15) is 12.5 Å². The molecule has 1 N–H and O–H groups in total. The molecular formula is C46H56N6O4Si2. The molecule has 1 aliphatic rings. The van der Waals surface area contributed by atoms with Crippen molar-refractivity contribution in [3.05, 3.63) is 127 Å². The highest BCUT2D eigenvalue weighted by molar-refractivity contribution is 6.98. The fraction of sp³-hybridized carbons (Fsp3) is 0.348. The van der Waals surface area contributed by atoms with E-state index >= 15 is 0 Å². The van der Waals surface area contributed by atoms with Crippen molar-refractivity contribution >= 4 is 43.6 Å². The molecule has 0 spiro atoms. The topological polar surface area (TPSA) is 106 Å². The van der Waals surface area contributed by atoms with Crippen molar-refractivity contribution in [1.29, 1.82) is 0 Å². The van der Waals surface area contributed by atoms with Gasteiger partial charge in [-0.05, 0) is 63.8 Å². The molecule has 0 unspecified atom stereocenters. The van der Waals surface area contributed by atoms with Gasteiger partial charge in [-0.2, -0.15) is 5.10 Å². The molecule has 7 rings (SSSR count). The Morgan fingerprint density at radius 1 is 0.828 bits per heavy atom. The highest BCUT2D eigenvalue weighted by Gasteiger charge is 2.49. The highest BCUT2D eigenvalue weighted by Crippen LogP contribution is 2.40. The fourth-order valence-electron chi connectivity index (χ4n) is 7.70. The molecule has 4 heterocycles. The number of carbonyl (C=O) groups is 1. The maximum atomic E-state index is 13.5. The summed E-state index contributed by atoms with van der Waals surface area (Å²) < 4.78 is 13.9. The largest absolute Gasteiger partial charge is 0.439 e. The molecule has 10 nitrogen and oxygen atoms in total. The smallest absolute Gasteiger partial charge is 0.258 e. The summed E-state index contributed by atoms with van der Waals surface area (Å²) in [6.45, 7) is 16.2. The van der Waals surface area contributed by atoms with Crippen LogP contribution in [-0.2, 0) is 22.8 Å². The SMILES string of the molecule is CC(C)(CCC(=O)N1CCN(Cc2cnc3cc(Oc4ccc(-c5ccnn5COCC[Si](C)(C)C)cn4)ccc3c2)CC1)[Si](O)(c1ccccc1)c1ccccc1. The van der Waals surface area contributed by atoms with E-state index in [1.165, 1.54) is 0 Å². The molecule has 6 aromatic rings. The second-order valence-electron chi connectivity index (χ2n) is 17.2. The van der Waals surface area contributed by atoms with E-state index in [-0.39, 0.29) is 5.91 Å². The molecule has 0 aliphatic carbocycles. The minimum absolute atomic E-state index is 0.155. The van der Waals surface area contributed by atoms with Crippen LogP contribution >= 0.6 is 0 Å². The number of aromatic nitrogens is 4. The molecule has 1 fully saturated rings. The highest BCUT2D eigenvalue weighted by atomic mass is 28.4. The molecule has 1 saturated heterocycles. The third-order valence-electron chi connectivity index (χ3n) is 11.4. The minimum atomic E-state index is -3.16. The van der Waals surface area contributed by atoms with Crippen molar-refractivity contribution in [2.75, 3.05) is 32.8 Å². The Hall–Kier alpha value is -4.99. The van der Waals surface area contributed by atoms with E-state index in [1.807, 2.05) is 113 Å². The van der Waals surface area contributed by atoms with Crippen LogP contribution in [0.5, 0.6) is 11.6 Å². The lowest BCUT2D eigenvalue weighted by atomic mass is 10.1. The predicted octanol–water partition coefficient (Wildman–Crippen LogP) is 7.55. The Bertz CT molecular complexity index is 2230. The zero-order valence-corrected chi connectivity index (χ0v) is 36.5. The molecule has 302 valence electrons. The molecular weight excluding hydrogens is 757 g/mol. The molecule has 1 amide bonds. The van der Waals surface area contributed by atoms with Crippen molar-refractivity contribution < 1.29 is 19.1 Å². The summed E-state index contributed by atoms with van der Waals surface area (Å²) in [6, 6.07) is 35.1. The predicted molar refractivity (Wildman–Crippen MR) is 237 cm³/mol. The van der Waals surface area contributed by atoms with Crippen molar-refractivity contribution in [3.8, 4) is 22.9 Å². The van der Waals surface area contributed by atoms with Crippen molar-refractivity contribution in [2.24, 2.45) is 0 Å². The van der Waals surface area contributed by atoms with Crippen LogP contribution in [0, 0.1) is 0 Å². The normalized spacial score (nSPS) is 14.2. The van der Waals surface area contributed by atoms with Gasteiger partial charge in [0.15, 0.2) is 0 Å². The molecule has 58 heavy (non-hydrogen) atoms. The number of hydrogen-bond donors (Lipinski definition) is 1. The first-order valence-electron chi connectivity index (χ1n) is 20.3. The molecule has 0 radical (unpaired) electrons. The standard InChI is InChI=1S/C46H56N6O4Si2/c1-46(2,58(54,40-12-8-6-9-13-40)41-14-10-7-11-15-41)22-20-45(53)51-26-24-50(25-27-51)34-36-30-37-16-18-39(31-42(37)47-32-36)56-44-19-17-38(33-48-44)43-21-23-49-52(43)35-55-28-29-57(3,4)5/h6-19,21,23,30-33,54H,20,22,24-29,34-35H2,1-5H3. The number of amides is 1. The summed E-state index contributed by atoms with van der Waals surface area (Å²) in [7, 11) is -4.31. The maximum Gasteiger partial charge on any atom is 0.258 e. The number of pyridine rings is 2. The zero-order chi connectivity index (χ0) is 40.8. The number of benzene rings is 3. The molecule has 0 saturated carbocycles. The van der Waals surface area contributed by atoms with Gasteiger partial charge in [0, 0.05) is 95.5 Å². The summed E-state index contributed by atoms with van der Waals surface area (Å²) in [5.41, 5.74) is 3.87. The van der Waals surface area contributed by atoms with E-state index in [0.29, 0.717) is 44.3 Å². The molecule has 0 atom stereocenters. The summed E-state index contributed by atoms with van der Waals surface area (Å²) in [6.07, 6.45) is 6.53. The van der Waals surface area contributed by atoms with E-state index in [4.69, 9.17) is 14.5 Å². The fourth-order valence-corrected chi connectivity index (χ4v) is 12.2. The van der Waals surface area contributed by atoms with E-state index in [2.05, 4.69) is 54.5 Å². The summed E-state index contributed by atoms with van der Waals surface area (Å²) in [5, 5.41) is 6.97. The van der Waals surface area contributed by atoms with Crippen LogP contribution in [0.25, 0.3) is 22.2 Å². The van der Waals surface area contributed by atoms with Crippen LogP contribution in [0.3, 0.4) is 0 Å². The lowest BCUT2D eigenvalue weighted by molar-refractivity contribution is -0.133. The Kier molecular flexibility index (Phi) is 12.7. The van der Waals surface area contributed by atoms with Gasteiger partial charge in [0.2, 0.25) is 11.8 Å². The third-order valence-corrected chi connectivity index (χ3v) is 17.6. The molecule has 3 aromatic heterocycles. The first kappa shape index (κ1) is 41.2. The number of fused-ring (bicyclic) bond motifs is 1. The number of carbonyl (C=O) groups excluding carboxylic acids is 1. The molecule has 1 aliphatic heterocycles. The Morgan fingerprint density at radius 3 is 2.19 bits per heavy atom. The number of nitrogens with zero attached hydrogens (tertiary/aromatic N) is 6. The van der Waals surface area contributed by atoms with Crippen molar-refractivity contribution in [1.82, 2.24) is 29.5 Å². The van der Waals surface area contributed by atoms with E-state index in [9.17, 15) is 9.59 Å². The first-order chi connectivity index (χ1) is 27.9. The van der Waals surface area contributed by atoms with E-state index in [1.54, 1.807) is 12.4 Å². The Balaban J connectivity index is 0.897. The molecule has 0 bridgehead atoms. The van der Waals surface area contributed by atoms with Crippen molar-refractivity contribution in [2.45, 2.75) is 70.7 Å². The average Bonchev–Trinajstić information content (AvgIpc) is 3.70. The first-order valence-corrected chi connectivity index (χ1v) is 26.0. The van der Waals surface area contributed by atoms with Crippen LogP contribution in [0.2, 0.25) is 30.7 Å². The molecule has 3 aromatic carbocycles. The number of piperazine rings is 1. The summed E-state index contributed by atoms with van der Waals surface area (Å²) >= 11 is 0. The Labute approximate surface area is 344 Å². The van der Waals surface area contributed by atoms with Gasteiger partial charge in [0.25, 0.3) is 8.32 Å². The van der Waals surface area contributed by atoms with Crippen LogP contribution in [0.4, 0.5) is 0 Å². The second-order valence-corrected chi connectivity index (χ2v) is 26.8. The monoisotopic (exact) mass is 812 g/mol. The summed E-state index contributed by atoms with van der Waals surface area (Å²) in [5.74, 6) is 1.33. The lowest BCUT2D eigenvalue weighted by Gasteiger charge is -2.42. The van der Waals surface area contributed by atoms with Crippen LogP contribution in [0.1, 0.15) is 32.3 Å². The number of ether oxygens (including phenoxy) is 2. The molecule has 12 heteroatoms. The zero-order valence-electron chi connectivity index (χ0n) is 34.5. The van der Waals surface area contributed by atoms with Crippen LogP contribution in [-0.4, -0.2) is 89.4 Å². The van der Waals surface area contributed by atoms with Gasteiger partial charge < -0.3 is 19.2 Å². The lowest BCUT2D eigenvalue weighted by Crippen LogP contribution is -2.65. The average molecular weight is 813 g/mol. The quantitative estimate of drug-likeness (QED) is 0.0790. The van der Waals surface area contributed by atoms with Gasteiger partial charge in [-0.15, -0.1) is 0 Å². The van der Waals surface area contributed by atoms with Gasteiger partial charge in [-0.1, -0.05) is 94.2 Å². The summed E-state index contributed by atoms with van der Waals surface area (Å²) in [4.78, 5) is 39.8. The van der Waals surface area contributed by atoms with Crippen molar-refractivity contribution in [3.63, 3.8) is 0 Å². The Morgan fingerprint density at radius 2 is 1.53 bits per heavy atom. The van der Waals surface area contributed by atoms with Gasteiger partial charge in [-0.25, -0.2) is 9.67 Å². The van der Waals surface area contributed by atoms with E-state index < -0.39 is 21.4 Å². The second kappa shape index (κ2) is 17.9. The maximum absolute atomic E-state index is 13.5. The van der Waals surface area contributed by atoms with Crippen LogP contribution in [0.15, 0.2) is 122 Å². The minimum Gasteiger partial charge on any atom is -0.439 e. The number of hydrogen-bond acceptors (Lipinski definition) is 8. The van der Waals surface area contributed by atoms with E-state index in [0.717, 1.165) is 70.4 Å². The van der Waals surface area contributed by atoms with Gasteiger partial charge in [0.05, 0.1) is 11.2 Å².